The van der Waals surface area contributed by atoms with Crippen LogP contribution < -0.4 is 0 Å². The Morgan fingerprint density at radius 2 is 1.67 bits per heavy atom. The minimum Gasteiger partial charge on any atom is -0.508 e. The summed E-state index contributed by atoms with van der Waals surface area (Å²) in [5, 5.41) is 14.6. The lowest BCUT2D eigenvalue weighted by Gasteiger charge is -2.09. The highest BCUT2D eigenvalue weighted by molar-refractivity contribution is 6.00. The molecule has 0 bridgehead atoms. The van der Waals surface area contributed by atoms with Gasteiger partial charge in [0.2, 0.25) is 0 Å². The summed E-state index contributed by atoms with van der Waals surface area (Å²) in [7, 11) is 0. The molecule has 3 aromatic rings. The molecule has 1 nitrogen and oxygen atoms in total. The molecule has 0 spiro atoms. The highest BCUT2D eigenvalue weighted by atomic mass is 16.3. The van der Waals surface area contributed by atoms with Crippen molar-refractivity contribution in [3.8, 4) is 5.75 Å². The molecule has 0 radical (unpaired) electrons. The van der Waals surface area contributed by atoms with Crippen LogP contribution in [0.4, 0.5) is 0 Å². The maximum Gasteiger partial charge on any atom is 0.119 e. The van der Waals surface area contributed by atoms with Gasteiger partial charge in [0.1, 0.15) is 5.75 Å². The molecule has 0 saturated heterocycles. The Morgan fingerprint density at radius 1 is 0.944 bits per heavy atom. The molecule has 0 saturated carbocycles. The Bertz CT molecular complexity index is 741. The topological polar surface area (TPSA) is 20.2 Å². The fourth-order valence-electron chi connectivity index (χ4n) is 2.42. The lowest BCUT2D eigenvalue weighted by atomic mass is 9.97. The Labute approximate surface area is 106 Å². The smallest absolute Gasteiger partial charge is 0.119 e. The van der Waals surface area contributed by atoms with E-state index in [0.717, 1.165) is 16.3 Å². The summed E-state index contributed by atoms with van der Waals surface area (Å²) in [6, 6.07) is 16.3. The number of aromatic hydroxyl groups is 1. The molecule has 1 N–H and O–H groups in total. The minimum atomic E-state index is 0.345. The summed E-state index contributed by atoms with van der Waals surface area (Å²) in [6.07, 6.45) is 2.51. The van der Waals surface area contributed by atoms with Gasteiger partial charge in [-0.3, -0.25) is 0 Å². The number of hydrogen-bond acceptors (Lipinski definition) is 1. The first-order chi connectivity index (χ1) is 8.79. The number of phenolic OH excluding ortho intramolecular Hbond substituents is 1. The Morgan fingerprint density at radius 3 is 2.39 bits per heavy atom. The number of phenols is 1. The van der Waals surface area contributed by atoms with Crippen molar-refractivity contribution < 1.29 is 5.11 Å². The molecule has 0 atom stereocenters. The van der Waals surface area contributed by atoms with Crippen molar-refractivity contribution >= 4 is 21.5 Å². The molecular weight excluding hydrogens is 220 g/mol. The van der Waals surface area contributed by atoms with E-state index in [-0.39, 0.29) is 0 Å². The third-order valence-corrected chi connectivity index (χ3v) is 3.32. The molecule has 88 valence electrons. The first kappa shape index (κ1) is 10.8. The quantitative estimate of drug-likeness (QED) is 0.514. The highest BCUT2D eigenvalue weighted by Crippen LogP contribution is 2.31. The molecule has 0 aliphatic heterocycles. The second kappa shape index (κ2) is 4.19. The van der Waals surface area contributed by atoms with E-state index in [1.807, 2.05) is 24.3 Å². The lowest BCUT2D eigenvalue weighted by molar-refractivity contribution is 0.471. The number of fused-ring (bicyclic) bond motifs is 2. The fourth-order valence-corrected chi connectivity index (χ4v) is 2.42. The van der Waals surface area contributed by atoms with E-state index >= 15 is 0 Å². The molecule has 18 heavy (non-hydrogen) atoms. The van der Waals surface area contributed by atoms with Gasteiger partial charge in [-0.05, 0) is 46.2 Å². The van der Waals surface area contributed by atoms with Crippen molar-refractivity contribution in [2.24, 2.45) is 0 Å². The van der Waals surface area contributed by atoms with E-state index in [4.69, 9.17) is 0 Å². The van der Waals surface area contributed by atoms with Gasteiger partial charge in [-0.25, -0.2) is 0 Å². The molecule has 1 heteroatoms. The molecule has 0 heterocycles. The van der Waals surface area contributed by atoms with E-state index in [2.05, 4.69) is 30.8 Å². The van der Waals surface area contributed by atoms with Gasteiger partial charge in [-0.2, -0.15) is 0 Å². The van der Waals surface area contributed by atoms with Crippen molar-refractivity contribution in [1.82, 2.24) is 0 Å². The predicted octanol–water partition coefficient (Wildman–Crippen LogP) is 4.43. The Hall–Kier alpha value is -2.28. The third-order valence-electron chi connectivity index (χ3n) is 3.32. The maximum absolute atomic E-state index is 9.96. The summed E-state index contributed by atoms with van der Waals surface area (Å²) in [5.74, 6) is 0.345. The largest absolute Gasteiger partial charge is 0.508 e. The summed E-state index contributed by atoms with van der Waals surface area (Å²) in [4.78, 5) is 0. The standard InChI is InChI=1S/C17H14O/c1-2-5-15-16-11-13-7-4-3-6-12(13)10-14(16)8-9-17(15)18/h2-4,6-11,18H,1,5H2. The van der Waals surface area contributed by atoms with E-state index in [0.29, 0.717) is 12.2 Å². The number of hydrogen-bond donors (Lipinski definition) is 1. The van der Waals surface area contributed by atoms with E-state index in [9.17, 15) is 5.11 Å². The zero-order valence-electron chi connectivity index (χ0n) is 10.1. The first-order valence-electron chi connectivity index (χ1n) is 6.04. The fraction of sp³-hybridized carbons (Fsp3) is 0.0588. The van der Waals surface area contributed by atoms with Crippen LogP contribution >= 0.6 is 0 Å². The molecule has 0 aliphatic carbocycles. The van der Waals surface area contributed by atoms with Crippen LogP contribution in [0.1, 0.15) is 5.56 Å². The third kappa shape index (κ3) is 1.65. The SMILES string of the molecule is C=CCc1c(O)ccc2cc3ccccc3cc12. The average Bonchev–Trinajstić information content (AvgIpc) is 2.40. The van der Waals surface area contributed by atoms with Gasteiger partial charge < -0.3 is 5.11 Å². The van der Waals surface area contributed by atoms with Gasteiger partial charge in [0.15, 0.2) is 0 Å². The van der Waals surface area contributed by atoms with Crippen LogP contribution in [0.2, 0.25) is 0 Å². The Kier molecular flexibility index (Phi) is 2.52. The van der Waals surface area contributed by atoms with Gasteiger partial charge in [-0.1, -0.05) is 36.4 Å². The van der Waals surface area contributed by atoms with Gasteiger partial charge >= 0.3 is 0 Å². The molecule has 0 amide bonds. The average molecular weight is 234 g/mol. The number of rotatable bonds is 2. The molecule has 0 aromatic heterocycles. The zero-order chi connectivity index (χ0) is 12.5. The predicted molar refractivity (Wildman–Crippen MR) is 77.0 cm³/mol. The van der Waals surface area contributed by atoms with E-state index in [1.165, 1.54) is 10.8 Å². The second-order valence-corrected chi connectivity index (χ2v) is 4.48. The van der Waals surface area contributed by atoms with Crippen molar-refractivity contribution in [3.63, 3.8) is 0 Å². The Balaban J connectivity index is 2.42. The van der Waals surface area contributed by atoms with Crippen LogP contribution in [0, 0.1) is 0 Å². The summed E-state index contributed by atoms with van der Waals surface area (Å²) < 4.78 is 0. The van der Waals surface area contributed by atoms with Crippen LogP contribution in [-0.2, 0) is 6.42 Å². The number of allylic oxidation sites excluding steroid dienone is 1. The molecule has 3 rings (SSSR count). The van der Waals surface area contributed by atoms with Gasteiger partial charge in [-0.15, -0.1) is 6.58 Å². The highest BCUT2D eigenvalue weighted by Gasteiger charge is 2.06. The molecule has 3 aromatic carbocycles. The normalized spacial score (nSPS) is 10.9. The van der Waals surface area contributed by atoms with Crippen molar-refractivity contribution in [3.05, 3.63) is 66.7 Å². The zero-order valence-corrected chi connectivity index (χ0v) is 10.1. The molecule has 0 unspecified atom stereocenters. The number of benzene rings is 3. The molecule has 0 aliphatic rings. The maximum atomic E-state index is 9.96. The van der Waals surface area contributed by atoms with Crippen molar-refractivity contribution in [2.45, 2.75) is 6.42 Å². The van der Waals surface area contributed by atoms with Crippen LogP contribution in [-0.4, -0.2) is 5.11 Å². The summed E-state index contributed by atoms with van der Waals surface area (Å²) >= 11 is 0. The lowest BCUT2D eigenvalue weighted by Crippen LogP contribution is -1.86. The van der Waals surface area contributed by atoms with E-state index in [1.54, 1.807) is 6.07 Å². The van der Waals surface area contributed by atoms with Crippen LogP contribution in [0.15, 0.2) is 61.2 Å². The monoisotopic (exact) mass is 234 g/mol. The van der Waals surface area contributed by atoms with Crippen molar-refractivity contribution in [2.75, 3.05) is 0 Å². The minimum absolute atomic E-state index is 0.345. The van der Waals surface area contributed by atoms with Gasteiger partial charge in [0.25, 0.3) is 0 Å². The van der Waals surface area contributed by atoms with Crippen LogP contribution in [0.5, 0.6) is 5.75 Å². The van der Waals surface area contributed by atoms with Crippen LogP contribution in [0.3, 0.4) is 0 Å². The van der Waals surface area contributed by atoms with Gasteiger partial charge in [0.05, 0.1) is 0 Å². The van der Waals surface area contributed by atoms with Crippen LogP contribution in [0.25, 0.3) is 21.5 Å². The van der Waals surface area contributed by atoms with Gasteiger partial charge in [0, 0.05) is 5.56 Å². The summed E-state index contributed by atoms with van der Waals surface area (Å²) in [5.41, 5.74) is 0.952. The van der Waals surface area contributed by atoms with E-state index < -0.39 is 0 Å². The second-order valence-electron chi connectivity index (χ2n) is 4.48. The first-order valence-corrected chi connectivity index (χ1v) is 6.04. The van der Waals surface area contributed by atoms with Crippen molar-refractivity contribution in [1.29, 1.82) is 0 Å². The molecule has 0 fully saturated rings. The summed E-state index contributed by atoms with van der Waals surface area (Å²) in [6.45, 7) is 3.76. The molecular formula is C17H14O.